The largest absolute Gasteiger partial charge is 0.489 e. The van der Waals surface area contributed by atoms with Crippen LogP contribution in [0.3, 0.4) is 0 Å². The van der Waals surface area contributed by atoms with E-state index in [0.717, 1.165) is 42.9 Å². The van der Waals surface area contributed by atoms with E-state index >= 15 is 0 Å². The zero-order valence-electron chi connectivity index (χ0n) is 19.6. The molecule has 0 aromatic heterocycles. The summed E-state index contributed by atoms with van der Waals surface area (Å²) in [4.78, 5) is 52.0. The molecule has 2 atom stereocenters. The van der Waals surface area contributed by atoms with Gasteiger partial charge in [-0.15, -0.1) is 0 Å². The summed E-state index contributed by atoms with van der Waals surface area (Å²) in [6, 6.07) is 10.7. The molecule has 0 aliphatic carbocycles. The Bertz CT molecular complexity index is 1280. The van der Waals surface area contributed by atoms with Crippen molar-refractivity contribution in [1.29, 1.82) is 0 Å². The molecule has 10 heteroatoms. The maximum absolute atomic E-state index is 12.9. The van der Waals surface area contributed by atoms with E-state index in [1.165, 1.54) is 0 Å². The maximum Gasteiger partial charge on any atom is 0.330 e. The molecule has 1 unspecified atom stereocenters. The van der Waals surface area contributed by atoms with Crippen LogP contribution in [-0.2, 0) is 27.5 Å². The van der Waals surface area contributed by atoms with Crippen molar-refractivity contribution in [2.24, 2.45) is 0 Å². The number of benzene rings is 2. The molecule has 2 aromatic rings. The number of fused-ring (bicyclic) bond motifs is 2. The Balaban J connectivity index is 1.07. The van der Waals surface area contributed by atoms with Gasteiger partial charge in [0.1, 0.15) is 24.4 Å². The van der Waals surface area contributed by atoms with Gasteiger partial charge in [-0.25, -0.2) is 4.79 Å². The summed E-state index contributed by atoms with van der Waals surface area (Å²) in [5, 5.41) is 5.37. The molecular weight excluding hydrogens is 464 g/mol. The number of carbonyl (C=O) groups excluding carboxylic acids is 4. The van der Waals surface area contributed by atoms with Gasteiger partial charge in [-0.05, 0) is 54.3 Å². The lowest BCUT2D eigenvalue weighted by atomic mass is 10.0. The van der Waals surface area contributed by atoms with Gasteiger partial charge in [-0.2, -0.15) is 0 Å². The van der Waals surface area contributed by atoms with Gasteiger partial charge < -0.3 is 19.7 Å². The van der Waals surface area contributed by atoms with E-state index in [4.69, 9.17) is 9.47 Å². The predicted octanol–water partition coefficient (Wildman–Crippen LogP) is 1.43. The van der Waals surface area contributed by atoms with Crippen molar-refractivity contribution in [2.75, 3.05) is 25.0 Å². The summed E-state index contributed by atoms with van der Waals surface area (Å²) in [7, 11) is 0. The standard InChI is InChI=1S/C26H26N4O6/c31-23-6-5-21(25(33)28-23)30-13-16-10-17(2-3-19(16)26(30)34)35-18-7-8-29(14-18)12-15-1-4-20-22(9-15)36-24(32)11-27-20/h1-4,9-10,18,21,27H,5-8,11-14H2,(H,28,31,33)/t18-,21?/m0/s1. The fourth-order valence-corrected chi connectivity index (χ4v) is 5.33. The third-order valence-electron chi connectivity index (χ3n) is 7.13. The van der Waals surface area contributed by atoms with Crippen molar-refractivity contribution in [1.82, 2.24) is 15.1 Å². The first kappa shape index (κ1) is 22.5. The molecule has 4 aliphatic heterocycles. The Kier molecular flexibility index (Phi) is 5.60. The number of imide groups is 1. The fourth-order valence-electron chi connectivity index (χ4n) is 5.33. The number of anilines is 1. The molecule has 2 aromatic carbocycles. The second-order valence-corrected chi connectivity index (χ2v) is 9.64. The van der Waals surface area contributed by atoms with Gasteiger partial charge in [-0.1, -0.05) is 6.07 Å². The number of ether oxygens (including phenoxy) is 2. The van der Waals surface area contributed by atoms with Crippen LogP contribution in [0.1, 0.15) is 40.7 Å². The summed E-state index contributed by atoms with van der Waals surface area (Å²) in [5.41, 5.74) is 3.29. The molecule has 0 radical (unpaired) electrons. The Labute approximate surface area is 207 Å². The van der Waals surface area contributed by atoms with Gasteiger partial charge in [0.2, 0.25) is 11.8 Å². The zero-order valence-corrected chi connectivity index (χ0v) is 19.6. The number of nitrogens with one attached hydrogen (secondary N) is 2. The molecule has 36 heavy (non-hydrogen) atoms. The van der Waals surface area contributed by atoms with Crippen LogP contribution in [0.5, 0.6) is 11.5 Å². The Morgan fingerprint density at radius 1 is 1.06 bits per heavy atom. The first-order valence-corrected chi connectivity index (χ1v) is 12.2. The van der Waals surface area contributed by atoms with Crippen LogP contribution >= 0.6 is 0 Å². The zero-order chi connectivity index (χ0) is 24.8. The van der Waals surface area contributed by atoms with Crippen molar-refractivity contribution >= 4 is 29.4 Å². The minimum atomic E-state index is -0.627. The molecule has 4 aliphatic rings. The van der Waals surface area contributed by atoms with Crippen LogP contribution in [0.25, 0.3) is 0 Å². The summed E-state index contributed by atoms with van der Waals surface area (Å²) in [6.45, 7) is 2.87. The quantitative estimate of drug-likeness (QED) is 0.367. The van der Waals surface area contributed by atoms with Crippen LogP contribution in [-0.4, -0.2) is 65.3 Å². The maximum atomic E-state index is 12.9. The third-order valence-corrected chi connectivity index (χ3v) is 7.13. The Hall–Kier alpha value is -3.92. The van der Waals surface area contributed by atoms with Crippen LogP contribution in [0, 0.1) is 0 Å². The number of nitrogens with zero attached hydrogens (tertiary/aromatic N) is 2. The molecule has 0 spiro atoms. The second-order valence-electron chi connectivity index (χ2n) is 9.64. The van der Waals surface area contributed by atoms with Crippen LogP contribution in [0.15, 0.2) is 36.4 Å². The molecule has 2 fully saturated rings. The molecule has 3 amide bonds. The molecule has 0 saturated carbocycles. The van der Waals surface area contributed by atoms with Crippen molar-refractivity contribution in [3.63, 3.8) is 0 Å². The molecular formula is C26H26N4O6. The molecule has 186 valence electrons. The normalized spacial score (nSPS) is 23.6. The number of amides is 3. The highest BCUT2D eigenvalue weighted by Crippen LogP contribution is 2.32. The highest BCUT2D eigenvalue weighted by Gasteiger charge is 2.39. The highest BCUT2D eigenvalue weighted by atomic mass is 16.5. The van der Waals surface area contributed by atoms with Crippen molar-refractivity contribution < 1.29 is 28.7 Å². The van der Waals surface area contributed by atoms with E-state index in [9.17, 15) is 19.2 Å². The van der Waals surface area contributed by atoms with Crippen LogP contribution in [0.4, 0.5) is 5.69 Å². The number of rotatable bonds is 5. The smallest absolute Gasteiger partial charge is 0.330 e. The summed E-state index contributed by atoms with van der Waals surface area (Å²) in [6.07, 6.45) is 1.47. The average molecular weight is 491 g/mol. The van der Waals surface area contributed by atoms with E-state index in [-0.39, 0.29) is 36.9 Å². The third kappa shape index (κ3) is 4.28. The SMILES string of the molecule is O=C1CCC(N2Cc3cc(O[C@H]4CCN(Cc5ccc6c(c5)OC(=O)CN6)C4)ccc3C2=O)C(=O)N1. The minimum absolute atomic E-state index is 0.0171. The second kappa shape index (κ2) is 8.94. The van der Waals surface area contributed by atoms with E-state index in [1.54, 1.807) is 17.0 Å². The van der Waals surface area contributed by atoms with E-state index in [1.807, 2.05) is 24.3 Å². The number of hydrogen-bond donors (Lipinski definition) is 2. The molecule has 2 saturated heterocycles. The van der Waals surface area contributed by atoms with Gasteiger partial charge in [-0.3, -0.25) is 24.6 Å². The Morgan fingerprint density at radius 2 is 1.94 bits per heavy atom. The Morgan fingerprint density at radius 3 is 2.81 bits per heavy atom. The lowest BCUT2D eigenvalue weighted by Crippen LogP contribution is -2.52. The van der Waals surface area contributed by atoms with E-state index < -0.39 is 11.9 Å². The van der Waals surface area contributed by atoms with Crippen LogP contribution < -0.4 is 20.1 Å². The average Bonchev–Trinajstić information content (AvgIpc) is 3.42. The molecule has 10 nitrogen and oxygen atoms in total. The summed E-state index contributed by atoms with van der Waals surface area (Å²) >= 11 is 0. The lowest BCUT2D eigenvalue weighted by Gasteiger charge is -2.29. The van der Waals surface area contributed by atoms with Crippen molar-refractivity contribution in [3.8, 4) is 11.5 Å². The number of esters is 1. The number of likely N-dealkylation sites (tertiary alicyclic amines) is 1. The van der Waals surface area contributed by atoms with Gasteiger partial charge in [0.25, 0.3) is 5.91 Å². The van der Waals surface area contributed by atoms with Gasteiger partial charge in [0.15, 0.2) is 5.75 Å². The van der Waals surface area contributed by atoms with Gasteiger partial charge >= 0.3 is 5.97 Å². The molecule has 4 heterocycles. The predicted molar refractivity (Wildman–Crippen MR) is 127 cm³/mol. The summed E-state index contributed by atoms with van der Waals surface area (Å²) < 4.78 is 11.6. The highest BCUT2D eigenvalue weighted by molar-refractivity contribution is 6.05. The van der Waals surface area contributed by atoms with Crippen LogP contribution in [0.2, 0.25) is 0 Å². The van der Waals surface area contributed by atoms with E-state index in [0.29, 0.717) is 30.0 Å². The number of carbonyl (C=O) groups is 4. The van der Waals surface area contributed by atoms with Crippen molar-refractivity contribution in [3.05, 3.63) is 53.1 Å². The number of hydrogen-bond acceptors (Lipinski definition) is 8. The topological polar surface area (TPSA) is 117 Å². The van der Waals surface area contributed by atoms with E-state index in [2.05, 4.69) is 15.5 Å². The fraction of sp³-hybridized carbons (Fsp3) is 0.385. The van der Waals surface area contributed by atoms with Crippen molar-refractivity contribution in [2.45, 2.75) is 44.5 Å². The molecule has 6 rings (SSSR count). The first-order chi connectivity index (χ1) is 17.4. The molecule has 2 N–H and O–H groups in total. The monoisotopic (exact) mass is 490 g/mol. The van der Waals surface area contributed by atoms with Gasteiger partial charge in [0, 0.05) is 38.2 Å². The minimum Gasteiger partial charge on any atom is -0.489 e. The first-order valence-electron chi connectivity index (χ1n) is 12.2. The number of piperidine rings is 1. The summed E-state index contributed by atoms with van der Waals surface area (Å²) in [5.74, 6) is 0.0757. The lowest BCUT2D eigenvalue weighted by molar-refractivity contribution is -0.137. The molecule has 0 bridgehead atoms. The van der Waals surface area contributed by atoms with Gasteiger partial charge in [0.05, 0.1) is 5.69 Å².